The van der Waals surface area contributed by atoms with Crippen LogP contribution >= 0.6 is 0 Å². The molecule has 0 bridgehead atoms. The van der Waals surface area contributed by atoms with Gasteiger partial charge in [0.05, 0.1) is 0 Å². The Kier molecular flexibility index (Phi) is 8.06. The highest BCUT2D eigenvalue weighted by molar-refractivity contribution is 5.03. The van der Waals surface area contributed by atoms with E-state index in [1.165, 1.54) is 38.5 Å². The highest BCUT2D eigenvalue weighted by atomic mass is 19.4. The highest BCUT2D eigenvalue weighted by Crippen LogP contribution is 2.47. The monoisotopic (exact) mass is 420 g/mol. The fourth-order valence-corrected chi connectivity index (χ4v) is 6.51. The second-order valence-corrected chi connectivity index (χ2v) is 9.99. The summed E-state index contributed by atoms with van der Waals surface area (Å²) in [6.07, 6.45) is 6.05. The van der Waals surface area contributed by atoms with E-state index < -0.39 is 24.4 Å². The number of hydrogen-bond acceptors (Lipinski definition) is 0. The van der Waals surface area contributed by atoms with Gasteiger partial charge in [0.15, 0.2) is 0 Å². The summed E-state index contributed by atoms with van der Waals surface area (Å²) in [5.41, 5.74) is 0. The predicted molar refractivity (Wildman–Crippen MR) is 107 cm³/mol. The quantitative estimate of drug-likeness (QED) is 0.310. The van der Waals surface area contributed by atoms with E-state index in [9.17, 15) is 22.0 Å². The number of allylic oxidation sites excluding steroid dienone is 2. The molecular formula is C24H37F5. The molecule has 5 heteroatoms. The Balaban J connectivity index is 1.45. The summed E-state index contributed by atoms with van der Waals surface area (Å²) in [5, 5.41) is 0. The molecule has 0 amide bonds. The largest absolute Gasteiger partial charge is 0.409 e. The third-order valence-corrected chi connectivity index (χ3v) is 8.14. The minimum absolute atomic E-state index is 0.00238. The lowest BCUT2D eigenvalue weighted by Gasteiger charge is -2.42. The van der Waals surface area contributed by atoms with Crippen molar-refractivity contribution in [3.63, 3.8) is 0 Å². The molecule has 0 heterocycles. The lowest BCUT2D eigenvalue weighted by Crippen LogP contribution is -2.38. The Bertz CT molecular complexity index is 500. The first-order valence-electron chi connectivity index (χ1n) is 11.8. The maximum Gasteiger partial charge on any atom is 0.409 e. The molecule has 2 atom stereocenters. The molecule has 0 aromatic rings. The topological polar surface area (TPSA) is 0 Å². The van der Waals surface area contributed by atoms with E-state index in [0.29, 0.717) is 12.0 Å². The molecule has 0 aromatic carbocycles. The molecule has 0 spiro atoms. The molecule has 3 fully saturated rings. The molecule has 29 heavy (non-hydrogen) atoms. The zero-order chi connectivity index (χ0) is 21.0. The van der Waals surface area contributed by atoms with Crippen LogP contribution in [0.15, 0.2) is 12.2 Å². The van der Waals surface area contributed by atoms with E-state index in [-0.39, 0.29) is 24.8 Å². The average Bonchev–Trinajstić information content (AvgIpc) is 2.67. The summed E-state index contributed by atoms with van der Waals surface area (Å²) in [7, 11) is 0. The molecular weight excluding hydrogens is 383 g/mol. The molecule has 2 unspecified atom stereocenters. The zero-order valence-corrected chi connectivity index (χ0v) is 17.6. The van der Waals surface area contributed by atoms with Crippen LogP contribution in [0, 0.1) is 35.5 Å². The van der Waals surface area contributed by atoms with Crippen molar-refractivity contribution < 1.29 is 22.0 Å². The normalized spacial score (nSPS) is 42.3. The molecule has 0 radical (unpaired) electrons. The molecule has 168 valence electrons. The SMILES string of the molecule is CCCC1CCC(C2CCC(C3CC(F)C(C=CC(F)(F)F)C(F)C3)CC2)CC1. The van der Waals surface area contributed by atoms with Gasteiger partial charge in [-0.25, -0.2) is 8.78 Å². The second-order valence-electron chi connectivity index (χ2n) is 9.99. The lowest BCUT2D eigenvalue weighted by molar-refractivity contribution is -0.0808. The Morgan fingerprint density at radius 3 is 1.62 bits per heavy atom. The number of halogens is 5. The van der Waals surface area contributed by atoms with Gasteiger partial charge in [-0.05, 0) is 81.0 Å². The van der Waals surface area contributed by atoms with Gasteiger partial charge in [-0.2, -0.15) is 13.2 Å². The molecule has 3 saturated carbocycles. The second kappa shape index (κ2) is 10.1. The van der Waals surface area contributed by atoms with Gasteiger partial charge in [0, 0.05) is 12.0 Å². The van der Waals surface area contributed by atoms with Gasteiger partial charge < -0.3 is 0 Å². The van der Waals surface area contributed by atoms with Crippen molar-refractivity contribution in [1.82, 2.24) is 0 Å². The third kappa shape index (κ3) is 6.43. The standard InChI is InChI=1S/C24H37F5/c1-2-3-16-4-6-17(7-5-16)18-8-10-19(11-9-18)20-14-22(25)21(23(26)15-20)12-13-24(27,28)29/h12-13,16-23H,2-11,14-15H2,1H3. The molecule has 0 aliphatic heterocycles. The summed E-state index contributed by atoms with van der Waals surface area (Å²) in [5.74, 6) is 1.58. The summed E-state index contributed by atoms with van der Waals surface area (Å²) in [6.45, 7) is 2.26. The number of alkyl halides is 5. The molecule has 3 aliphatic rings. The van der Waals surface area contributed by atoms with Gasteiger partial charge >= 0.3 is 6.18 Å². The van der Waals surface area contributed by atoms with E-state index in [1.807, 2.05) is 0 Å². The van der Waals surface area contributed by atoms with Gasteiger partial charge in [0.25, 0.3) is 0 Å². The first-order chi connectivity index (χ1) is 13.8. The Labute approximate surface area is 172 Å². The van der Waals surface area contributed by atoms with Crippen molar-refractivity contribution in [2.24, 2.45) is 35.5 Å². The third-order valence-electron chi connectivity index (χ3n) is 8.14. The van der Waals surface area contributed by atoms with E-state index >= 15 is 0 Å². The van der Waals surface area contributed by atoms with E-state index in [4.69, 9.17) is 0 Å². The Morgan fingerprint density at radius 1 is 0.724 bits per heavy atom. The van der Waals surface area contributed by atoms with E-state index in [1.54, 1.807) is 0 Å². The van der Waals surface area contributed by atoms with Crippen molar-refractivity contribution in [3.05, 3.63) is 12.2 Å². The maximum absolute atomic E-state index is 14.5. The van der Waals surface area contributed by atoms with E-state index in [2.05, 4.69) is 6.92 Å². The zero-order valence-electron chi connectivity index (χ0n) is 17.6. The average molecular weight is 421 g/mol. The van der Waals surface area contributed by atoms with Crippen molar-refractivity contribution in [1.29, 1.82) is 0 Å². The minimum atomic E-state index is -4.51. The van der Waals surface area contributed by atoms with Crippen LogP contribution in [-0.2, 0) is 0 Å². The van der Waals surface area contributed by atoms with Crippen LogP contribution in [-0.4, -0.2) is 18.5 Å². The van der Waals surface area contributed by atoms with Crippen LogP contribution in [0.4, 0.5) is 22.0 Å². The van der Waals surface area contributed by atoms with E-state index in [0.717, 1.165) is 43.4 Å². The van der Waals surface area contributed by atoms with Crippen LogP contribution in [0.5, 0.6) is 0 Å². The molecule has 0 aromatic heterocycles. The number of hydrogen-bond donors (Lipinski definition) is 0. The molecule has 0 N–H and O–H groups in total. The van der Waals surface area contributed by atoms with Gasteiger partial charge in [-0.1, -0.05) is 38.7 Å². The predicted octanol–water partition coefficient (Wildman–Crippen LogP) is 8.22. The Hall–Kier alpha value is -0.610. The molecule has 0 saturated heterocycles. The van der Waals surface area contributed by atoms with Gasteiger partial charge in [-0.15, -0.1) is 0 Å². The van der Waals surface area contributed by atoms with Crippen LogP contribution in [0.1, 0.15) is 84.0 Å². The Morgan fingerprint density at radius 2 is 1.17 bits per heavy atom. The summed E-state index contributed by atoms with van der Waals surface area (Å²) >= 11 is 0. The van der Waals surface area contributed by atoms with Crippen molar-refractivity contribution in [2.75, 3.05) is 0 Å². The van der Waals surface area contributed by atoms with Gasteiger partial charge in [-0.3, -0.25) is 0 Å². The molecule has 0 nitrogen and oxygen atoms in total. The molecule has 3 aliphatic carbocycles. The number of rotatable bonds is 5. The van der Waals surface area contributed by atoms with Gasteiger partial charge in [0.2, 0.25) is 0 Å². The fraction of sp³-hybridized carbons (Fsp3) is 0.917. The van der Waals surface area contributed by atoms with Crippen molar-refractivity contribution >= 4 is 0 Å². The van der Waals surface area contributed by atoms with Gasteiger partial charge in [0.1, 0.15) is 12.3 Å². The van der Waals surface area contributed by atoms with Crippen LogP contribution < -0.4 is 0 Å². The maximum atomic E-state index is 14.5. The van der Waals surface area contributed by atoms with Crippen LogP contribution in [0.2, 0.25) is 0 Å². The summed E-state index contributed by atoms with van der Waals surface area (Å²) in [4.78, 5) is 0. The summed E-state index contributed by atoms with van der Waals surface area (Å²) in [6, 6.07) is 0. The van der Waals surface area contributed by atoms with Crippen LogP contribution in [0.25, 0.3) is 0 Å². The first-order valence-corrected chi connectivity index (χ1v) is 11.8. The smallest absolute Gasteiger partial charge is 0.247 e. The highest BCUT2D eigenvalue weighted by Gasteiger charge is 2.42. The fourth-order valence-electron chi connectivity index (χ4n) is 6.51. The first kappa shape index (κ1) is 23.1. The van der Waals surface area contributed by atoms with Crippen molar-refractivity contribution in [3.8, 4) is 0 Å². The lowest BCUT2D eigenvalue weighted by atomic mass is 9.64. The molecule has 3 rings (SSSR count). The van der Waals surface area contributed by atoms with Crippen molar-refractivity contribution in [2.45, 2.75) is 102 Å². The minimum Gasteiger partial charge on any atom is -0.247 e. The van der Waals surface area contributed by atoms with Crippen LogP contribution in [0.3, 0.4) is 0 Å². The summed E-state index contributed by atoms with van der Waals surface area (Å²) < 4.78 is 66.0.